The normalized spacial score (nSPS) is 11.1. The Bertz CT molecular complexity index is 817. The predicted molar refractivity (Wildman–Crippen MR) is 101 cm³/mol. The number of aromatic nitrogens is 1. The molecule has 0 aliphatic heterocycles. The van der Waals surface area contributed by atoms with E-state index in [-0.39, 0.29) is 0 Å². The number of ether oxygens (including phenoxy) is 1. The first kappa shape index (κ1) is 17.0. The van der Waals surface area contributed by atoms with Crippen molar-refractivity contribution in [2.24, 2.45) is 0 Å². The summed E-state index contributed by atoms with van der Waals surface area (Å²) >= 11 is 0. The Hall–Kier alpha value is -2.81. The first-order valence-electron chi connectivity index (χ1n) is 8.61. The second-order valence-corrected chi connectivity index (χ2v) is 5.90. The van der Waals surface area contributed by atoms with Crippen molar-refractivity contribution < 1.29 is 9.15 Å². The zero-order chi connectivity index (χ0) is 17.5. The molecule has 3 rings (SSSR count). The highest BCUT2D eigenvalue weighted by atomic mass is 16.5. The molecule has 0 spiro atoms. The van der Waals surface area contributed by atoms with Crippen LogP contribution in [0.4, 0.5) is 0 Å². The van der Waals surface area contributed by atoms with Crippen LogP contribution in [0.25, 0.3) is 11.5 Å². The molecule has 0 saturated heterocycles. The average Bonchev–Trinajstić information content (AvgIpc) is 3.03. The van der Waals surface area contributed by atoms with Crippen molar-refractivity contribution in [3.63, 3.8) is 0 Å². The minimum Gasteiger partial charge on any atom is -0.493 e. The van der Waals surface area contributed by atoms with Crippen LogP contribution in [0, 0.1) is 6.92 Å². The number of nitrogens with zero attached hydrogens (tertiary/aromatic N) is 1. The maximum Gasteiger partial charge on any atom is 0.226 e. The Morgan fingerprint density at radius 1 is 1.04 bits per heavy atom. The lowest BCUT2D eigenvalue weighted by Crippen LogP contribution is -2.02. The van der Waals surface area contributed by atoms with Crippen LogP contribution in [0.2, 0.25) is 0 Å². The van der Waals surface area contributed by atoms with Crippen molar-refractivity contribution >= 4 is 0 Å². The molecule has 3 nitrogen and oxygen atoms in total. The van der Waals surface area contributed by atoms with E-state index in [1.807, 2.05) is 56.3 Å². The van der Waals surface area contributed by atoms with Gasteiger partial charge in [0.2, 0.25) is 5.89 Å². The van der Waals surface area contributed by atoms with Gasteiger partial charge in [-0.3, -0.25) is 0 Å². The third kappa shape index (κ3) is 4.60. The summed E-state index contributed by atoms with van der Waals surface area (Å²) in [6.07, 6.45) is 5.89. The molecule has 0 unspecified atom stereocenters. The molecule has 0 saturated carbocycles. The molecule has 2 aromatic carbocycles. The van der Waals surface area contributed by atoms with Gasteiger partial charge in [-0.2, -0.15) is 0 Å². The summed E-state index contributed by atoms with van der Waals surface area (Å²) in [4.78, 5) is 4.60. The number of oxazole rings is 1. The van der Waals surface area contributed by atoms with E-state index >= 15 is 0 Å². The van der Waals surface area contributed by atoms with Crippen LogP contribution in [0.3, 0.4) is 0 Å². The van der Waals surface area contributed by atoms with Gasteiger partial charge in [0, 0.05) is 12.0 Å². The third-order valence-corrected chi connectivity index (χ3v) is 4.03. The van der Waals surface area contributed by atoms with Gasteiger partial charge < -0.3 is 9.15 Å². The number of hydrogen-bond donors (Lipinski definition) is 0. The van der Waals surface area contributed by atoms with Gasteiger partial charge >= 0.3 is 0 Å². The highest BCUT2D eigenvalue weighted by Gasteiger charge is 2.11. The van der Waals surface area contributed by atoms with Crippen molar-refractivity contribution in [3.8, 4) is 17.2 Å². The fraction of sp³-hybridized carbons (Fsp3) is 0.227. The van der Waals surface area contributed by atoms with Crippen molar-refractivity contribution in [1.29, 1.82) is 0 Å². The van der Waals surface area contributed by atoms with Gasteiger partial charge in [0.05, 0.1) is 12.3 Å². The van der Waals surface area contributed by atoms with E-state index in [4.69, 9.17) is 9.15 Å². The average molecular weight is 333 g/mol. The van der Waals surface area contributed by atoms with E-state index in [0.29, 0.717) is 12.5 Å². The number of hydrogen-bond acceptors (Lipinski definition) is 3. The SMILES string of the molecule is C/C=C\Cc1ccc(OCCc2nc(-c3ccccc3)oc2C)cc1. The highest BCUT2D eigenvalue weighted by molar-refractivity contribution is 5.53. The first-order chi connectivity index (χ1) is 12.3. The van der Waals surface area contributed by atoms with E-state index in [1.54, 1.807) is 0 Å². The minimum atomic E-state index is 0.579. The molecule has 0 bridgehead atoms. The summed E-state index contributed by atoms with van der Waals surface area (Å²) in [6, 6.07) is 18.2. The van der Waals surface area contributed by atoms with E-state index < -0.39 is 0 Å². The Balaban J connectivity index is 1.56. The fourth-order valence-corrected chi connectivity index (χ4v) is 2.61. The van der Waals surface area contributed by atoms with Crippen LogP contribution >= 0.6 is 0 Å². The number of aryl methyl sites for hydroxylation is 1. The lowest BCUT2D eigenvalue weighted by molar-refractivity contribution is 0.320. The van der Waals surface area contributed by atoms with E-state index in [0.717, 1.165) is 35.6 Å². The Morgan fingerprint density at radius 3 is 2.52 bits per heavy atom. The van der Waals surface area contributed by atoms with E-state index in [2.05, 4.69) is 29.3 Å². The second kappa shape index (κ2) is 8.34. The monoisotopic (exact) mass is 333 g/mol. The molecule has 0 aliphatic carbocycles. The fourth-order valence-electron chi connectivity index (χ4n) is 2.61. The smallest absolute Gasteiger partial charge is 0.226 e. The Labute approximate surface area is 149 Å². The van der Waals surface area contributed by atoms with E-state index in [9.17, 15) is 0 Å². The van der Waals surface area contributed by atoms with Crippen LogP contribution in [0.1, 0.15) is 23.9 Å². The molecule has 0 aliphatic rings. The van der Waals surface area contributed by atoms with Gasteiger partial charge in [-0.1, -0.05) is 42.5 Å². The van der Waals surface area contributed by atoms with Gasteiger partial charge in [0.1, 0.15) is 11.5 Å². The van der Waals surface area contributed by atoms with Crippen LogP contribution in [0.15, 0.2) is 71.2 Å². The minimum absolute atomic E-state index is 0.579. The van der Waals surface area contributed by atoms with Gasteiger partial charge in [-0.05, 0) is 50.1 Å². The summed E-state index contributed by atoms with van der Waals surface area (Å²) in [6.45, 7) is 4.56. The molecule has 3 aromatic rings. The molecule has 1 heterocycles. The van der Waals surface area contributed by atoms with Gasteiger partial charge in [0.15, 0.2) is 0 Å². The standard InChI is InChI=1S/C22H23NO2/c1-3-4-8-18-11-13-20(14-12-18)24-16-15-21-17(2)25-22(23-21)19-9-6-5-7-10-19/h3-7,9-14H,8,15-16H2,1-2H3/b4-3-. The number of benzene rings is 2. The summed E-state index contributed by atoms with van der Waals surface area (Å²) in [5, 5.41) is 0. The summed E-state index contributed by atoms with van der Waals surface area (Å²) in [5.74, 6) is 2.40. The van der Waals surface area contributed by atoms with Gasteiger partial charge in [-0.15, -0.1) is 0 Å². The largest absolute Gasteiger partial charge is 0.493 e. The maximum absolute atomic E-state index is 5.84. The molecular weight excluding hydrogens is 310 g/mol. The summed E-state index contributed by atoms with van der Waals surface area (Å²) in [5.41, 5.74) is 3.23. The summed E-state index contributed by atoms with van der Waals surface area (Å²) in [7, 11) is 0. The third-order valence-electron chi connectivity index (χ3n) is 4.03. The Morgan fingerprint density at radius 2 is 1.80 bits per heavy atom. The predicted octanol–water partition coefficient (Wildman–Crippen LogP) is 5.39. The highest BCUT2D eigenvalue weighted by Crippen LogP contribution is 2.22. The van der Waals surface area contributed by atoms with Crippen molar-refractivity contribution in [3.05, 3.63) is 83.8 Å². The van der Waals surface area contributed by atoms with E-state index in [1.165, 1.54) is 5.56 Å². The second-order valence-electron chi connectivity index (χ2n) is 5.90. The van der Waals surface area contributed by atoms with Crippen LogP contribution in [-0.2, 0) is 12.8 Å². The molecule has 128 valence electrons. The Kier molecular flexibility index (Phi) is 5.68. The molecule has 0 fully saturated rings. The quantitative estimate of drug-likeness (QED) is 0.544. The molecular formula is C22H23NO2. The molecule has 3 heteroatoms. The van der Waals surface area contributed by atoms with Crippen molar-refractivity contribution in [1.82, 2.24) is 4.98 Å². The lowest BCUT2D eigenvalue weighted by atomic mass is 10.1. The number of rotatable bonds is 7. The van der Waals surface area contributed by atoms with Crippen LogP contribution in [0.5, 0.6) is 5.75 Å². The van der Waals surface area contributed by atoms with Crippen molar-refractivity contribution in [2.45, 2.75) is 26.7 Å². The summed E-state index contributed by atoms with van der Waals surface area (Å²) < 4.78 is 11.6. The molecule has 0 amide bonds. The molecule has 0 radical (unpaired) electrons. The molecule has 0 atom stereocenters. The lowest BCUT2D eigenvalue weighted by Gasteiger charge is -2.06. The zero-order valence-corrected chi connectivity index (χ0v) is 14.7. The van der Waals surface area contributed by atoms with Gasteiger partial charge in [0.25, 0.3) is 0 Å². The molecule has 0 N–H and O–H groups in total. The van der Waals surface area contributed by atoms with Crippen molar-refractivity contribution in [2.75, 3.05) is 6.61 Å². The topological polar surface area (TPSA) is 35.3 Å². The van der Waals surface area contributed by atoms with Crippen LogP contribution in [-0.4, -0.2) is 11.6 Å². The van der Waals surface area contributed by atoms with Gasteiger partial charge in [-0.25, -0.2) is 4.98 Å². The zero-order valence-electron chi connectivity index (χ0n) is 14.7. The maximum atomic E-state index is 5.84. The number of allylic oxidation sites excluding steroid dienone is 2. The first-order valence-corrected chi connectivity index (χ1v) is 8.61. The molecule has 25 heavy (non-hydrogen) atoms. The van der Waals surface area contributed by atoms with Crippen LogP contribution < -0.4 is 4.74 Å². The molecule has 1 aromatic heterocycles.